The highest BCUT2D eigenvalue weighted by Gasteiger charge is 2.31. The van der Waals surface area contributed by atoms with Crippen LogP contribution in [0.2, 0.25) is 0 Å². The molecule has 0 fully saturated rings. The summed E-state index contributed by atoms with van der Waals surface area (Å²) in [5.41, 5.74) is 6.54. The van der Waals surface area contributed by atoms with Gasteiger partial charge in [0, 0.05) is 7.05 Å². The Morgan fingerprint density at radius 1 is 1.40 bits per heavy atom. The van der Waals surface area contributed by atoms with Gasteiger partial charge in [0.1, 0.15) is 17.9 Å². The quantitative estimate of drug-likeness (QED) is 0.681. The summed E-state index contributed by atoms with van der Waals surface area (Å²) in [7, 11) is 1.71. The predicted molar refractivity (Wildman–Crippen MR) is 57.9 cm³/mol. The number of likely N-dealkylation sites (N-methyl/N-ethyl adjacent to an activating group) is 1. The number of amides is 1. The molecule has 0 saturated carbocycles. The van der Waals surface area contributed by atoms with Crippen LogP contribution in [-0.2, 0) is 4.79 Å². The number of ether oxygens (including phenoxy) is 1. The van der Waals surface area contributed by atoms with Crippen LogP contribution in [0.25, 0.3) is 0 Å². The molecule has 2 N–H and O–H groups in total. The summed E-state index contributed by atoms with van der Waals surface area (Å²) in [6.45, 7) is 1.80. The summed E-state index contributed by atoms with van der Waals surface area (Å²) >= 11 is 0. The lowest BCUT2D eigenvalue weighted by Gasteiger charge is -2.18. The summed E-state index contributed by atoms with van der Waals surface area (Å²) in [6.07, 6.45) is -0.302. The molecule has 80 valence electrons. The molecule has 1 aliphatic rings. The average Bonchev–Trinajstić information content (AvgIpc) is 2.32. The van der Waals surface area contributed by atoms with E-state index in [0.717, 1.165) is 5.69 Å². The first-order valence-electron chi connectivity index (χ1n) is 4.90. The predicted octanol–water partition coefficient (Wildman–Crippen LogP) is 0.758. The van der Waals surface area contributed by atoms with E-state index in [4.69, 9.17) is 10.5 Å². The molecule has 1 unspecified atom stereocenters. The third-order valence-electron chi connectivity index (χ3n) is 2.66. The van der Waals surface area contributed by atoms with Gasteiger partial charge in [0.05, 0.1) is 5.69 Å². The minimum Gasteiger partial charge on any atom is -0.486 e. The first-order chi connectivity index (χ1) is 7.11. The first kappa shape index (κ1) is 9.98. The van der Waals surface area contributed by atoms with E-state index in [0.29, 0.717) is 5.75 Å². The number of anilines is 1. The van der Waals surface area contributed by atoms with Crippen LogP contribution < -0.4 is 15.4 Å². The number of para-hydroxylation sites is 2. The molecule has 1 heterocycles. The highest BCUT2D eigenvalue weighted by molar-refractivity contribution is 5.98. The van der Waals surface area contributed by atoms with Crippen molar-refractivity contribution in [3.05, 3.63) is 24.3 Å². The van der Waals surface area contributed by atoms with Crippen molar-refractivity contribution in [3.8, 4) is 5.75 Å². The molecule has 1 aromatic carbocycles. The Kier molecular flexibility index (Phi) is 2.36. The molecular formula is C11H14N2O2. The summed E-state index contributed by atoms with van der Waals surface area (Å²) in [5, 5.41) is 0. The van der Waals surface area contributed by atoms with Crippen LogP contribution in [0.3, 0.4) is 0 Å². The zero-order chi connectivity index (χ0) is 11.0. The normalized spacial score (nSPS) is 25.5. The van der Waals surface area contributed by atoms with Crippen molar-refractivity contribution in [3.63, 3.8) is 0 Å². The third-order valence-corrected chi connectivity index (χ3v) is 2.66. The van der Waals surface area contributed by atoms with Crippen LogP contribution in [0.1, 0.15) is 6.92 Å². The van der Waals surface area contributed by atoms with Gasteiger partial charge in [-0.1, -0.05) is 12.1 Å². The molecular weight excluding hydrogens is 192 g/mol. The second-order valence-corrected chi connectivity index (χ2v) is 3.71. The number of nitrogens with two attached hydrogens (primary N) is 1. The van der Waals surface area contributed by atoms with Crippen LogP contribution in [0.4, 0.5) is 5.69 Å². The third kappa shape index (κ3) is 1.57. The van der Waals surface area contributed by atoms with Gasteiger partial charge in [-0.15, -0.1) is 0 Å². The van der Waals surface area contributed by atoms with E-state index in [1.807, 2.05) is 24.3 Å². The van der Waals surface area contributed by atoms with Crippen molar-refractivity contribution in [1.29, 1.82) is 0 Å². The maximum absolute atomic E-state index is 11.8. The first-order valence-corrected chi connectivity index (χ1v) is 4.90. The van der Waals surface area contributed by atoms with Crippen LogP contribution in [0.5, 0.6) is 5.75 Å². The Hall–Kier alpha value is -1.55. The average molecular weight is 206 g/mol. The second-order valence-electron chi connectivity index (χ2n) is 3.71. The summed E-state index contributed by atoms with van der Waals surface area (Å²) in [4.78, 5) is 13.4. The molecule has 0 bridgehead atoms. The van der Waals surface area contributed by atoms with Gasteiger partial charge in [0.15, 0.2) is 0 Å². The summed E-state index contributed by atoms with van der Waals surface area (Å²) < 4.78 is 5.62. The van der Waals surface area contributed by atoms with Gasteiger partial charge < -0.3 is 15.4 Å². The van der Waals surface area contributed by atoms with Gasteiger partial charge in [-0.2, -0.15) is 0 Å². The Balaban J connectivity index is 2.49. The standard InChI is InChI=1S/C11H14N2O2/c1-7-10(12)11(14)13(2)8-5-3-4-6-9(8)15-7/h3-7,10H,12H2,1-2H3/t7?,10-/m0/s1. The molecule has 2 atom stereocenters. The van der Waals surface area contributed by atoms with Crippen LogP contribution in [-0.4, -0.2) is 25.1 Å². The van der Waals surface area contributed by atoms with Gasteiger partial charge in [-0.3, -0.25) is 4.79 Å². The smallest absolute Gasteiger partial charge is 0.247 e. The van der Waals surface area contributed by atoms with Crippen LogP contribution >= 0.6 is 0 Å². The van der Waals surface area contributed by atoms with Crippen molar-refractivity contribution < 1.29 is 9.53 Å². The van der Waals surface area contributed by atoms with Gasteiger partial charge in [-0.25, -0.2) is 0 Å². The van der Waals surface area contributed by atoms with Crippen molar-refractivity contribution in [2.45, 2.75) is 19.1 Å². The molecule has 4 heteroatoms. The van der Waals surface area contributed by atoms with Crippen molar-refractivity contribution in [2.75, 3.05) is 11.9 Å². The summed E-state index contributed by atoms with van der Waals surface area (Å²) in [5.74, 6) is 0.584. The fourth-order valence-corrected chi connectivity index (χ4v) is 1.65. The zero-order valence-electron chi connectivity index (χ0n) is 8.81. The zero-order valence-corrected chi connectivity index (χ0v) is 8.81. The number of rotatable bonds is 0. The number of hydrogen-bond acceptors (Lipinski definition) is 3. The molecule has 0 radical (unpaired) electrons. The number of carbonyl (C=O) groups is 1. The maximum atomic E-state index is 11.8. The van der Waals surface area contributed by atoms with Gasteiger partial charge in [0.2, 0.25) is 5.91 Å². The summed E-state index contributed by atoms with van der Waals surface area (Å²) in [6, 6.07) is 6.82. The van der Waals surface area contributed by atoms with E-state index in [9.17, 15) is 4.79 Å². The van der Waals surface area contributed by atoms with E-state index >= 15 is 0 Å². The maximum Gasteiger partial charge on any atom is 0.247 e. The van der Waals surface area contributed by atoms with E-state index in [2.05, 4.69) is 0 Å². The van der Waals surface area contributed by atoms with Gasteiger partial charge >= 0.3 is 0 Å². The van der Waals surface area contributed by atoms with Gasteiger partial charge in [0.25, 0.3) is 0 Å². The van der Waals surface area contributed by atoms with E-state index in [-0.39, 0.29) is 12.0 Å². The lowest BCUT2D eigenvalue weighted by Crippen LogP contribution is -2.48. The topological polar surface area (TPSA) is 55.6 Å². The Morgan fingerprint density at radius 3 is 2.80 bits per heavy atom. The van der Waals surface area contributed by atoms with Crippen LogP contribution in [0, 0.1) is 0 Å². The van der Waals surface area contributed by atoms with E-state index in [1.165, 1.54) is 0 Å². The Bertz CT molecular complexity index is 392. The number of carbonyl (C=O) groups excluding carboxylic acids is 1. The van der Waals surface area contributed by atoms with Crippen LogP contribution in [0.15, 0.2) is 24.3 Å². The molecule has 0 aliphatic carbocycles. The van der Waals surface area contributed by atoms with Gasteiger partial charge in [-0.05, 0) is 19.1 Å². The molecule has 15 heavy (non-hydrogen) atoms. The highest BCUT2D eigenvalue weighted by atomic mass is 16.5. The number of nitrogens with zero attached hydrogens (tertiary/aromatic N) is 1. The fraction of sp³-hybridized carbons (Fsp3) is 0.364. The molecule has 0 spiro atoms. The molecule has 0 aromatic heterocycles. The minimum absolute atomic E-state index is 0.118. The van der Waals surface area contributed by atoms with E-state index < -0.39 is 6.04 Å². The van der Waals surface area contributed by atoms with Crippen molar-refractivity contribution in [2.24, 2.45) is 5.73 Å². The SMILES string of the molecule is CC1Oc2ccccc2N(C)C(=O)[C@H]1N. The molecule has 0 saturated heterocycles. The van der Waals surface area contributed by atoms with E-state index in [1.54, 1.807) is 18.9 Å². The second kappa shape index (κ2) is 3.55. The molecule has 1 aliphatic heterocycles. The Labute approximate surface area is 88.6 Å². The number of fused-ring (bicyclic) bond motifs is 1. The number of hydrogen-bond donors (Lipinski definition) is 1. The fourth-order valence-electron chi connectivity index (χ4n) is 1.65. The van der Waals surface area contributed by atoms with Crippen molar-refractivity contribution in [1.82, 2.24) is 0 Å². The molecule has 4 nitrogen and oxygen atoms in total. The molecule has 2 rings (SSSR count). The largest absolute Gasteiger partial charge is 0.486 e. The highest BCUT2D eigenvalue weighted by Crippen LogP contribution is 2.31. The minimum atomic E-state index is -0.609. The number of benzene rings is 1. The van der Waals surface area contributed by atoms with Crippen molar-refractivity contribution >= 4 is 11.6 Å². The lowest BCUT2D eigenvalue weighted by molar-refractivity contribution is -0.120. The molecule has 1 aromatic rings. The monoisotopic (exact) mass is 206 g/mol. The lowest BCUT2D eigenvalue weighted by atomic mass is 10.2. The molecule has 1 amide bonds. The Morgan fingerprint density at radius 2 is 2.07 bits per heavy atom.